The largest absolute Gasteiger partial charge is 0.332 e. The zero-order valence-electron chi connectivity index (χ0n) is 11.5. The minimum absolute atomic E-state index is 0.0527. The van der Waals surface area contributed by atoms with Crippen LogP contribution in [0.15, 0.2) is 29.1 Å². The van der Waals surface area contributed by atoms with Crippen LogP contribution in [0.1, 0.15) is 31.7 Å². The fraction of sp³-hybridized carbons (Fsp3) is 0.467. The van der Waals surface area contributed by atoms with Gasteiger partial charge in [0.1, 0.15) is 0 Å². The molecule has 1 saturated carbocycles. The van der Waals surface area contributed by atoms with E-state index in [1.54, 1.807) is 4.57 Å². The molecule has 1 aromatic carbocycles. The van der Waals surface area contributed by atoms with Crippen LogP contribution in [0.5, 0.6) is 0 Å². The van der Waals surface area contributed by atoms with Crippen molar-refractivity contribution in [3.05, 3.63) is 39.4 Å². The lowest BCUT2D eigenvalue weighted by Gasteiger charge is -2.28. The molecule has 1 aliphatic carbocycles. The van der Waals surface area contributed by atoms with Gasteiger partial charge in [0.25, 0.3) is 5.56 Å². The molecular weight excluding hydrogens is 288 g/mol. The van der Waals surface area contributed by atoms with Crippen LogP contribution in [0.3, 0.4) is 0 Å². The van der Waals surface area contributed by atoms with Crippen LogP contribution < -0.4 is 5.56 Å². The molecule has 0 bridgehead atoms. The van der Waals surface area contributed by atoms with Crippen LogP contribution in [0, 0.1) is 4.77 Å². The lowest BCUT2D eigenvalue weighted by Crippen LogP contribution is -2.30. The predicted octanol–water partition coefficient (Wildman–Crippen LogP) is 3.91. The fourth-order valence-electron chi connectivity index (χ4n) is 3.05. The van der Waals surface area contributed by atoms with E-state index in [1.165, 1.54) is 12.8 Å². The number of nitrogens with one attached hydrogen (secondary N) is 1. The Bertz CT molecular complexity index is 726. The Morgan fingerprint density at radius 1 is 1.25 bits per heavy atom. The third-order valence-electron chi connectivity index (χ3n) is 4.18. The predicted molar refractivity (Wildman–Crippen MR) is 88.2 cm³/mol. The van der Waals surface area contributed by atoms with E-state index in [1.807, 2.05) is 36.0 Å². The van der Waals surface area contributed by atoms with E-state index in [2.05, 4.69) is 11.2 Å². The minimum Gasteiger partial charge on any atom is -0.332 e. The van der Waals surface area contributed by atoms with Gasteiger partial charge in [-0.1, -0.05) is 12.1 Å². The normalized spacial score (nSPS) is 23.1. The van der Waals surface area contributed by atoms with Crippen molar-refractivity contribution in [1.82, 2.24) is 9.55 Å². The maximum atomic E-state index is 12.7. The van der Waals surface area contributed by atoms with Gasteiger partial charge in [0.05, 0.1) is 10.9 Å². The van der Waals surface area contributed by atoms with Gasteiger partial charge in [0, 0.05) is 11.3 Å². The van der Waals surface area contributed by atoms with Crippen molar-refractivity contribution in [2.45, 2.75) is 37.0 Å². The summed E-state index contributed by atoms with van der Waals surface area (Å²) in [6, 6.07) is 7.84. The molecule has 3 rings (SSSR count). The average molecular weight is 306 g/mol. The highest BCUT2D eigenvalue weighted by atomic mass is 32.2. The zero-order chi connectivity index (χ0) is 14.1. The molecule has 0 atom stereocenters. The molecular formula is C15H18N2OS2. The smallest absolute Gasteiger partial charge is 0.262 e. The second-order valence-corrected chi connectivity index (χ2v) is 6.84. The van der Waals surface area contributed by atoms with Gasteiger partial charge >= 0.3 is 0 Å². The van der Waals surface area contributed by atoms with Crippen molar-refractivity contribution in [3.63, 3.8) is 0 Å². The van der Waals surface area contributed by atoms with Gasteiger partial charge < -0.3 is 4.98 Å². The lowest BCUT2D eigenvalue weighted by molar-refractivity contribution is 0.348. The maximum absolute atomic E-state index is 12.7. The number of hydrogen-bond acceptors (Lipinski definition) is 3. The standard InChI is InChI=1S/C15H18N2OS2/c1-20-11-8-6-10(7-9-11)17-14(18)12-4-2-3-5-13(12)16-15(17)19/h2-5,10-11H,6-9H2,1H3,(H,16,19). The molecule has 0 amide bonds. The molecule has 2 aromatic rings. The van der Waals surface area contributed by atoms with Gasteiger partial charge in [-0.05, 0) is 56.3 Å². The Kier molecular flexibility index (Phi) is 3.98. The SMILES string of the molecule is CSC1CCC(n2c(=S)[nH]c3ccccc3c2=O)CC1. The zero-order valence-corrected chi connectivity index (χ0v) is 13.1. The van der Waals surface area contributed by atoms with Crippen LogP contribution in [-0.2, 0) is 0 Å². The van der Waals surface area contributed by atoms with Gasteiger partial charge in [0.2, 0.25) is 0 Å². The molecule has 0 saturated heterocycles. The summed E-state index contributed by atoms with van der Waals surface area (Å²) >= 11 is 7.34. The van der Waals surface area contributed by atoms with Gasteiger partial charge in [-0.25, -0.2) is 0 Å². The molecule has 1 fully saturated rings. The van der Waals surface area contributed by atoms with Crippen LogP contribution in [-0.4, -0.2) is 21.1 Å². The number of aromatic nitrogens is 2. The van der Waals surface area contributed by atoms with Gasteiger partial charge in [-0.2, -0.15) is 11.8 Å². The maximum Gasteiger partial charge on any atom is 0.262 e. The molecule has 3 nitrogen and oxygen atoms in total. The number of hydrogen-bond donors (Lipinski definition) is 1. The molecule has 1 N–H and O–H groups in total. The summed E-state index contributed by atoms with van der Waals surface area (Å²) in [6.07, 6.45) is 6.59. The van der Waals surface area contributed by atoms with Crippen LogP contribution in [0.4, 0.5) is 0 Å². The summed E-state index contributed by atoms with van der Waals surface area (Å²) < 4.78 is 2.36. The lowest BCUT2D eigenvalue weighted by atomic mass is 9.94. The Morgan fingerprint density at radius 3 is 2.65 bits per heavy atom. The first kappa shape index (κ1) is 13.9. The summed E-state index contributed by atoms with van der Waals surface area (Å²) in [5, 5.41) is 1.47. The topological polar surface area (TPSA) is 37.8 Å². The number of H-pyrrole nitrogens is 1. The van der Waals surface area contributed by atoms with Crippen LogP contribution in [0.25, 0.3) is 10.9 Å². The van der Waals surface area contributed by atoms with E-state index in [0.29, 0.717) is 4.77 Å². The Morgan fingerprint density at radius 2 is 1.95 bits per heavy atom. The van der Waals surface area contributed by atoms with Gasteiger partial charge in [-0.3, -0.25) is 9.36 Å². The molecule has 5 heteroatoms. The summed E-state index contributed by atoms with van der Waals surface area (Å²) in [6.45, 7) is 0. The van der Waals surface area contributed by atoms with E-state index in [4.69, 9.17) is 12.2 Å². The highest BCUT2D eigenvalue weighted by molar-refractivity contribution is 7.99. The fourth-order valence-corrected chi connectivity index (χ4v) is 4.13. The molecule has 1 heterocycles. The summed E-state index contributed by atoms with van der Waals surface area (Å²) in [5.74, 6) is 0. The van der Waals surface area contributed by atoms with Crippen molar-refractivity contribution in [1.29, 1.82) is 0 Å². The van der Waals surface area contributed by atoms with E-state index in [0.717, 1.165) is 29.0 Å². The first-order valence-electron chi connectivity index (χ1n) is 6.97. The van der Waals surface area contributed by atoms with Crippen molar-refractivity contribution >= 4 is 34.9 Å². The summed E-state index contributed by atoms with van der Waals surface area (Å²) in [5.41, 5.74) is 0.883. The summed E-state index contributed by atoms with van der Waals surface area (Å²) in [4.78, 5) is 15.9. The number of nitrogens with zero attached hydrogens (tertiary/aromatic N) is 1. The second-order valence-electron chi connectivity index (χ2n) is 5.32. The first-order chi connectivity index (χ1) is 9.70. The molecule has 1 aliphatic rings. The number of fused-ring (bicyclic) bond motifs is 1. The van der Waals surface area contributed by atoms with Gasteiger partial charge in [0.15, 0.2) is 4.77 Å². The number of rotatable bonds is 2. The van der Waals surface area contributed by atoms with Crippen molar-refractivity contribution in [2.75, 3.05) is 6.26 Å². The third-order valence-corrected chi connectivity index (χ3v) is 5.62. The third kappa shape index (κ3) is 2.44. The number of thioether (sulfide) groups is 1. The molecule has 0 radical (unpaired) electrons. The number of para-hydroxylation sites is 1. The monoisotopic (exact) mass is 306 g/mol. The molecule has 0 spiro atoms. The van der Waals surface area contributed by atoms with Crippen molar-refractivity contribution in [2.24, 2.45) is 0 Å². The van der Waals surface area contributed by atoms with E-state index >= 15 is 0 Å². The van der Waals surface area contributed by atoms with Crippen molar-refractivity contribution in [3.8, 4) is 0 Å². The van der Waals surface area contributed by atoms with Crippen LogP contribution >= 0.6 is 24.0 Å². The highest BCUT2D eigenvalue weighted by Gasteiger charge is 2.23. The molecule has 20 heavy (non-hydrogen) atoms. The summed E-state index contributed by atoms with van der Waals surface area (Å²) in [7, 11) is 0. The Hall–Kier alpha value is -1.07. The number of aromatic amines is 1. The van der Waals surface area contributed by atoms with E-state index in [9.17, 15) is 4.79 Å². The average Bonchev–Trinajstić information content (AvgIpc) is 2.48. The van der Waals surface area contributed by atoms with Crippen LogP contribution in [0.2, 0.25) is 0 Å². The second kappa shape index (κ2) is 5.74. The minimum atomic E-state index is 0.0527. The molecule has 0 unspecified atom stereocenters. The number of benzene rings is 1. The first-order valence-corrected chi connectivity index (χ1v) is 8.66. The molecule has 0 aliphatic heterocycles. The van der Waals surface area contributed by atoms with E-state index < -0.39 is 0 Å². The highest BCUT2D eigenvalue weighted by Crippen LogP contribution is 2.33. The van der Waals surface area contributed by atoms with E-state index in [-0.39, 0.29) is 11.6 Å². The van der Waals surface area contributed by atoms with Gasteiger partial charge in [-0.15, -0.1) is 0 Å². The molecule has 106 valence electrons. The quantitative estimate of drug-likeness (QED) is 0.855. The Balaban J connectivity index is 2.04. The Labute approximate surface area is 127 Å². The van der Waals surface area contributed by atoms with Crippen molar-refractivity contribution < 1.29 is 0 Å². The molecule has 1 aromatic heterocycles.